The topological polar surface area (TPSA) is 41.1 Å². The minimum Gasteiger partial charge on any atom is -0.322 e. The number of amides is 1. The van der Waals surface area contributed by atoms with Crippen LogP contribution in [0.3, 0.4) is 0 Å². The molecule has 0 aliphatic carbocycles. The van der Waals surface area contributed by atoms with Crippen molar-refractivity contribution in [2.75, 3.05) is 24.7 Å². The minimum absolute atomic E-state index is 0.00148. The predicted octanol–water partition coefficient (Wildman–Crippen LogP) is 2.27. The zero-order chi connectivity index (χ0) is 12.3. The molecule has 0 aromatic heterocycles. The highest BCUT2D eigenvalue weighted by atomic mass is 32.2. The Balaban J connectivity index is 2.02. The standard InChI is InChI=1S/C13H16N2OS/c1-9(10-7-14-8-10)13(16)15-11-3-5-12(17-2)6-4-11/h3-6,14H,7-8H2,1-2H3,(H,15,16). The first-order valence-electron chi connectivity index (χ1n) is 5.55. The molecule has 4 heteroatoms. The van der Waals surface area contributed by atoms with E-state index in [0.29, 0.717) is 0 Å². The van der Waals surface area contributed by atoms with Gasteiger partial charge in [-0.05, 0) is 43.0 Å². The Morgan fingerprint density at radius 3 is 2.41 bits per heavy atom. The molecule has 0 saturated carbocycles. The zero-order valence-corrected chi connectivity index (χ0v) is 10.9. The molecule has 1 aromatic carbocycles. The molecule has 90 valence electrons. The van der Waals surface area contributed by atoms with Crippen LogP contribution in [0.25, 0.3) is 0 Å². The number of rotatable bonds is 3. The molecule has 0 spiro atoms. The molecule has 1 heterocycles. The molecule has 0 atom stereocenters. The average Bonchev–Trinajstić information content (AvgIpc) is 2.27. The lowest BCUT2D eigenvalue weighted by Crippen LogP contribution is -2.36. The largest absolute Gasteiger partial charge is 0.322 e. The summed E-state index contributed by atoms with van der Waals surface area (Å²) < 4.78 is 0. The fraction of sp³-hybridized carbons (Fsp3) is 0.308. The summed E-state index contributed by atoms with van der Waals surface area (Å²) in [6, 6.07) is 7.88. The predicted molar refractivity (Wildman–Crippen MR) is 72.4 cm³/mol. The van der Waals surface area contributed by atoms with Crippen LogP contribution in [0, 0.1) is 0 Å². The van der Waals surface area contributed by atoms with Crippen molar-refractivity contribution >= 4 is 23.4 Å². The third kappa shape index (κ3) is 2.90. The van der Waals surface area contributed by atoms with Crippen LogP contribution in [0.2, 0.25) is 0 Å². The van der Waals surface area contributed by atoms with Crippen LogP contribution in [-0.4, -0.2) is 25.3 Å². The van der Waals surface area contributed by atoms with Crippen LogP contribution in [0.15, 0.2) is 40.3 Å². The molecule has 3 nitrogen and oxygen atoms in total. The summed E-state index contributed by atoms with van der Waals surface area (Å²) in [7, 11) is 0. The molecule has 0 radical (unpaired) electrons. The maximum atomic E-state index is 11.9. The van der Waals surface area contributed by atoms with Gasteiger partial charge < -0.3 is 10.6 Å². The molecule has 0 bridgehead atoms. The van der Waals surface area contributed by atoms with Crippen molar-refractivity contribution in [1.82, 2.24) is 5.32 Å². The summed E-state index contributed by atoms with van der Waals surface area (Å²) in [6.45, 7) is 3.55. The lowest BCUT2D eigenvalue weighted by Gasteiger charge is -2.21. The van der Waals surface area contributed by atoms with Gasteiger partial charge in [0.1, 0.15) is 0 Å². The van der Waals surface area contributed by atoms with Gasteiger partial charge in [-0.1, -0.05) is 0 Å². The second-order valence-corrected chi connectivity index (χ2v) is 4.89. The van der Waals surface area contributed by atoms with E-state index in [-0.39, 0.29) is 5.91 Å². The first-order valence-corrected chi connectivity index (χ1v) is 6.78. The maximum Gasteiger partial charge on any atom is 0.251 e. The van der Waals surface area contributed by atoms with Crippen molar-refractivity contribution in [2.45, 2.75) is 11.8 Å². The van der Waals surface area contributed by atoms with Crippen molar-refractivity contribution in [3.05, 3.63) is 35.4 Å². The first kappa shape index (κ1) is 12.2. The Kier molecular flexibility index (Phi) is 3.86. The van der Waals surface area contributed by atoms with Crippen LogP contribution in [0.5, 0.6) is 0 Å². The molecule has 17 heavy (non-hydrogen) atoms. The summed E-state index contributed by atoms with van der Waals surface area (Å²) in [5, 5.41) is 6.04. The van der Waals surface area contributed by atoms with E-state index in [1.54, 1.807) is 11.8 Å². The molecule has 2 N–H and O–H groups in total. The van der Waals surface area contributed by atoms with Crippen LogP contribution in [0.1, 0.15) is 6.92 Å². The second-order valence-electron chi connectivity index (χ2n) is 4.01. The van der Waals surface area contributed by atoms with Gasteiger partial charge in [-0.2, -0.15) is 0 Å². The average molecular weight is 248 g/mol. The van der Waals surface area contributed by atoms with Gasteiger partial charge in [0.2, 0.25) is 0 Å². The molecule has 1 aliphatic heterocycles. The van der Waals surface area contributed by atoms with Gasteiger partial charge >= 0.3 is 0 Å². The third-order valence-electron chi connectivity index (χ3n) is 2.90. The normalized spacial score (nSPS) is 14.1. The van der Waals surface area contributed by atoms with E-state index in [1.165, 1.54) is 10.5 Å². The summed E-state index contributed by atoms with van der Waals surface area (Å²) >= 11 is 1.69. The van der Waals surface area contributed by atoms with Gasteiger partial charge in [0.15, 0.2) is 0 Å². The number of thioether (sulfide) groups is 1. The van der Waals surface area contributed by atoms with E-state index in [2.05, 4.69) is 10.6 Å². The smallest absolute Gasteiger partial charge is 0.251 e. The molecular formula is C13H16N2OS. The zero-order valence-electron chi connectivity index (χ0n) is 10.0. The lowest BCUT2D eigenvalue weighted by atomic mass is 10.0. The number of hydrogen-bond donors (Lipinski definition) is 2. The van der Waals surface area contributed by atoms with Crippen molar-refractivity contribution in [1.29, 1.82) is 0 Å². The Bertz CT molecular complexity index is 445. The first-order chi connectivity index (χ1) is 8.20. The second kappa shape index (κ2) is 5.38. The van der Waals surface area contributed by atoms with Gasteiger partial charge in [-0.25, -0.2) is 0 Å². The summed E-state index contributed by atoms with van der Waals surface area (Å²) in [6.07, 6.45) is 2.03. The summed E-state index contributed by atoms with van der Waals surface area (Å²) in [5.41, 5.74) is 2.88. The number of benzene rings is 1. The molecular weight excluding hydrogens is 232 g/mol. The van der Waals surface area contributed by atoms with Gasteiger partial charge in [-0.15, -0.1) is 11.8 Å². The molecule has 1 aliphatic rings. The van der Waals surface area contributed by atoms with E-state index in [1.807, 2.05) is 37.4 Å². The Hall–Kier alpha value is -1.26. The quantitative estimate of drug-likeness (QED) is 0.637. The van der Waals surface area contributed by atoms with E-state index >= 15 is 0 Å². The number of carbonyl (C=O) groups excluding carboxylic acids is 1. The van der Waals surface area contributed by atoms with Gasteiger partial charge in [0.05, 0.1) is 0 Å². The Morgan fingerprint density at radius 2 is 1.94 bits per heavy atom. The highest BCUT2D eigenvalue weighted by Gasteiger charge is 2.15. The van der Waals surface area contributed by atoms with E-state index in [9.17, 15) is 4.79 Å². The number of carbonyl (C=O) groups is 1. The van der Waals surface area contributed by atoms with E-state index < -0.39 is 0 Å². The number of anilines is 1. The van der Waals surface area contributed by atoms with Crippen molar-refractivity contribution < 1.29 is 4.79 Å². The maximum absolute atomic E-state index is 11.9. The number of hydrogen-bond acceptors (Lipinski definition) is 3. The highest BCUT2D eigenvalue weighted by Crippen LogP contribution is 2.18. The Labute approximate surface area is 106 Å². The molecule has 2 rings (SSSR count). The fourth-order valence-electron chi connectivity index (χ4n) is 1.57. The van der Waals surface area contributed by atoms with Crippen LogP contribution in [-0.2, 0) is 4.79 Å². The summed E-state index contributed by atoms with van der Waals surface area (Å²) in [5.74, 6) is -0.00148. The SMILES string of the molecule is CSc1ccc(NC(=O)C(C)=C2CNC2)cc1. The van der Waals surface area contributed by atoms with Crippen molar-refractivity contribution in [2.24, 2.45) is 0 Å². The lowest BCUT2D eigenvalue weighted by molar-refractivity contribution is -0.112. The molecule has 1 saturated heterocycles. The summed E-state index contributed by atoms with van der Waals surface area (Å²) in [4.78, 5) is 13.1. The number of nitrogens with one attached hydrogen (secondary N) is 2. The van der Waals surface area contributed by atoms with Gasteiger partial charge in [0, 0.05) is 29.2 Å². The fourth-order valence-corrected chi connectivity index (χ4v) is 1.98. The molecule has 1 amide bonds. The van der Waals surface area contributed by atoms with Crippen LogP contribution >= 0.6 is 11.8 Å². The van der Waals surface area contributed by atoms with E-state index in [0.717, 1.165) is 24.4 Å². The molecule has 0 unspecified atom stereocenters. The Morgan fingerprint density at radius 1 is 1.29 bits per heavy atom. The highest BCUT2D eigenvalue weighted by molar-refractivity contribution is 7.98. The van der Waals surface area contributed by atoms with Crippen molar-refractivity contribution in [3.63, 3.8) is 0 Å². The van der Waals surface area contributed by atoms with Gasteiger partial charge in [0.25, 0.3) is 5.91 Å². The minimum atomic E-state index is -0.00148. The van der Waals surface area contributed by atoms with E-state index in [4.69, 9.17) is 0 Å². The van der Waals surface area contributed by atoms with Crippen LogP contribution < -0.4 is 10.6 Å². The van der Waals surface area contributed by atoms with Crippen molar-refractivity contribution in [3.8, 4) is 0 Å². The van der Waals surface area contributed by atoms with Gasteiger partial charge in [-0.3, -0.25) is 4.79 Å². The van der Waals surface area contributed by atoms with Crippen LogP contribution in [0.4, 0.5) is 5.69 Å². The molecule has 1 fully saturated rings. The molecule has 1 aromatic rings. The third-order valence-corrected chi connectivity index (χ3v) is 3.64. The monoisotopic (exact) mass is 248 g/mol.